The van der Waals surface area contributed by atoms with Crippen molar-refractivity contribution in [3.05, 3.63) is 72.1 Å². The van der Waals surface area contributed by atoms with Crippen LogP contribution in [0.1, 0.15) is 11.3 Å². The molecule has 1 N–H and O–H groups in total. The maximum absolute atomic E-state index is 12.4. The van der Waals surface area contributed by atoms with E-state index in [9.17, 15) is 4.79 Å². The van der Waals surface area contributed by atoms with Gasteiger partial charge in [0.2, 0.25) is 5.91 Å². The summed E-state index contributed by atoms with van der Waals surface area (Å²) < 4.78 is 10.5. The smallest absolute Gasteiger partial charge is 0.228 e. The van der Waals surface area contributed by atoms with Crippen LogP contribution >= 0.6 is 0 Å². The number of aromatic nitrogens is 1. The molecular weight excluding hydrogens is 340 g/mol. The molecule has 1 aromatic heterocycles. The third kappa shape index (κ3) is 4.85. The Morgan fingerprint density at radius 1 is 0.926 bits per heavy atom. The van der Waals surface area contributed by atoms with Crippen LogP contribution in [0.4, 0.5) is 5.69 Å². The van der Waals surface area contributed by atoms with Gasteiger partial charge in [-0.1, -0.05) is 12.1 Å². The lowest BCUT2D eigenvalue weighted by molar-refractivity contribution is -0.115. The number of rotatable bonds is 6. The Labute approximate surface area is 159 Å². The SMILES string of the molecule is COc1cc(CC(=O)Nc2ccc(-c3ccnc(C)c3)cc2)cc(OC)c1. The van der Waals surface area contributed by atoms with Crippen LogP contribution in [0.2, 0.25) is 0 Å². The van der Waals surface area contributed by atoms with Crippen LogP contribution in [0.5, 0.6) is 11.5 Å². The molecule has 0 spiro atoms. The first-order valence-corrected chi connectivity index (χ1v) is 8.62. The number of aryl methyl sites for hydroxylation is 1. The first-order valence-electron chi connectivity index (χ1n) is 8.62. The average molecular weight is 362 g/mol. The van der Waals surface area contributed by atoms with Crippen molar-refractivity contribution in [1.29, 1.82) is 0 Å². The Kier molecular flexibility index (Phi) is 5.71. The molecule has 5 nitrogen and oxygen atoms in total. The minimum atomic E-state index is -0.0992. The van der Waals surface area contributed by atoms with Gasteiger partial charge in [0.25, 0.3) is 0 Å². The Hall–Kier alpha value is -3.34. The van der Waals surface area contributed by atoms with Crippen LogP contribution in [0, 0.1) is 6.92 Å². The molecule has 3 rings (SSSR count). The molecule has 0 fully saturated rings. The molecule has 0 aliphatic rings. The Morgan fingerprint density at radius 2 is 1.59 bits per heavy atom. The Bertz CT molecular complexity index is 914. The predicted molar refractivity (Wildman–Crippen MR) is 106 cm³/mol. The molecule has 1 heterocycles. The van der Waals surface area contributed by atoms with Crippen LogP contribution in [-0.4, -0.2) is 25.1 Å². The normalized spacial score (nSPS) is 10.3. The number of ether oxygens (including phenoxy) is 2. The number of anilines is 1. The summed E-state index contributed by atoms with van der Waals surface area (Å²) in [7, 11) is 3.18. The molecule has 1 amide bonds. The van der Waals surface area contributed by atoms with E-state index in [1.165, 1.54) is 0 Å². The van der Waals surface area contributed by atoms with Gasteiger partial charge in [-0.25, -0.2) is 0 Å². The van der Waals surface area contributed by atoms with E-state index in [1.54, 1.807) is 26.5 Å². The van der Waals surface area contributed by atoms with Gasteiger partial charge in [-0.3, -0.25) is 9.78 Å². The van der Waals surface area contributed by atoms with Gasteiger partial charge in [-0.05, 0) is 60.0 Å². The lowest BCUT2D eigenvalue weighted by Gasteiger charge is -2.10. The van der Waals surface area contributed by atoms with E-state index in [0.29, 0.717) is 11.5 Å². The highest BCUT2D eigenvalue weighted by molar-refractivity contribution is 5.92. The van der Waals surface area contributed by atoms with E-state index in [2.05, 4.69) is 10.3 Å². The average Bonchev–Trinajstić information content (AvgIpc) is 2.68. The van der Waals surface area contributed by atoms with Crippen molar-refractivity contribution >= 4 is 11.6 Å². The van der Waals surface area contributed by atoms with Gasteiger partial charge >= 0.3 is 0 Å². The van der Waals surface area contributed by atoms with E-state index >= 15 is 0 Å². The van der Waals surface area contributed by atoms with Crippen molar-refractivity contribution in [1.82, 2.24) is 4.98 Å². The van der Waals surface area contributed by atoms with Crippen molar-refractivity contribution in [2.24, 2.45) is 0 Å². The van der Waals surface area contributed by atoms with Crippen LogP contribution in [0.15, 0.2) is 60.8 Å². The summed E-state index contributed by atoms with van der Waals surface area (Å²) in [6, 6.07) is 17.2. The fraction of sp³-hybridized carbons (Fsp3) is 0.182. The number of benzene rings is 2. The molecule has 27 heavy (non-hydrogen) atoms. The lowest BCUT2D eigenvalue weighted by atomic mass is 10.1. The zero-order valence-electron chi connectivity index (χ0n) is 15.7. The minimum Gasteiger partial charge on any atom is -0.497 e. The molecule has 5 heteroatoms. The topological polar surface area (TPSA) is 60.5 Å². The molecule has 0 atom stereocenters. The highest BCUT2D eigenvalue weighted by atomic mass is 16.5. The molecule has 138 valence electrons. The number of pyridine rings is 1. The standard InChI is InChI=1S/C22H22N2O3/c1-15-10-18(8-9-23-15)17-4-6-19(7-5-17)24-22(25)13-16-11-20(26-2)14-21(12-16)27-3/h4-12,14H,13H2,1-3H3,(H,24,25). The Balaban J connectivity index is 1.68. The van der Waals surface area contributed by atoms with Gasteiger partial charge in [-0.15, -0.1) is 0 Å². The highest BCUT2D eigenvalue weighted by Gasteiger charge is 2.08. The molecule has 0 unspecified atom stereocenters. The van der Waals surface area contributed by atoms with Crippen molar-refractivity contribution in [3.63, 3.8) is 0 Å². The predicted octanol–water partition coefficient (Wildman–Crippen LogP) is 4.26. The summed E-state index contributed by atoms with van der Waals surface area (Å²) in [6.07, 6.45) is 2.03. The summed E-state index contributed by atoms with van der Waals surface area (Å²) in [6.45, 7) is 1.96. The summed E-state index contributed by atoms with van der Waals surface area (Å²) >= 11 is 0. The van der Waals surface area contributed by atoms with Gasteiger partial charge < -0.3 is 14.8 Å². The zero-order chi connectivity index (χ0) is 19.2. The largest absolute Gasteiger partial charge is 0.497 e. The number of amides is 1. The Morgan fingerprint density at radius 3 is 2.19 bits per heavy atom. The molecule has 0 saturated carbocycles. The molecule has 0 radical (unpaired) electrons. The maximum Gasteiger partial charge on any atom is 0.228 e. The summed E-state index contributed by atoms with van der Waals surface area (Å²) in [5, 5.41) is 2.92. The monoisotopic (exact) mass is 362 g/mol. The summed E-state index contributed by atoms with van der Waals surface area (Å²) in [4.78, 5) is 16.6. The fourth-order valence-corrected chi connectivity index (χ4v) is 2.83. The molecule has 3 aromatic rings. The number of nitrogens with one attached hydrogen (secondary N) is 1. The van der Waals surface area contributed by atoms with Crippen molar-refractivity contribution < 1.29 is 14.3 Å². The summed E-state index contributed by atoms with van der Waals surface area (Å²) in [5.74, 6) is 1.22. The van der Waals surface area contributed by atoms with Gasteiger partial charge in [0.15, 0.2) is 0 Å². The molecule has 0 aliphatic heterocycles. The third-order valence-corrected chi connectivity index (χ3v) is 4.17. The van der Waals surface area contributed by atoms with Crippen molar-refractivity contribution in [3.8, 4) is 22.6 Å². The number of hydrogen-bond acceptors (Lipinski definition) is 4. The molecule has 0 saturated heterocycles. The van der Waals surface area contributed by atoms with Gasteiger partial charge in [0.1, 0.15) is 11.5 Å². The van der Waals surface area contributed by atoms with Crippen molar-refractivity contribution in [2.45, 2.75) is 13.3 Å². The first-order chi connectivity index (χ1) is 13.1. The second-order valence-electron chi connectivity index (χ2n) is 6.21. The van der Waals surface area contributed by atoms with Crippen LogP contribution < -0.4 is 14.8 Å². The van der Waals surface area contributed by atoms with Gasteiger partial charge in [0, 0.05) is 23.6 Å². The quantitative estimate of drug-likeness (QED) is 0.712. The molecule has 0 aliphatic carbocycles. The fourth-order valence-electron chi connectivity index (χ4n) is 2.83. The lowest BCUT2D eigenvalue weighted by Crippen LogP contribution is -2.14. The number of methoxy groups -OCH3 is 2. The number of carbonyl (C=O) groups is 1. The van der Waals surface area contributed by atoms with Crippen molar-refractivity contribution in [2.75, 3.05) is 19.5 Å². The number of hydrogen-bond donors (Lipinski definition) is 1. The third-order valence-electron chi connectivity index (χ3n) is 4.17. The van der Waals surface area contributed by atoms with Crippen LogP contribution in [0.25, 0.3) is 11.1 Å². The molecule has 2 aromatic carbocycles. The first kappa shape index (κ1) is 18.5. The second-order valence-corrected chi connectivity index (χ2v) is 6.21. The second kappa shape index (κ2) is 8.36. The summed E-state index contributed by atoms with van der Waals surface area (Å²) in [5.41, 5.74) is 4.73. The zero-order valence-corrected chi connectivity index (χ0v) is 15.7. The number of nitrogens with zero attached hydrogens (tertiary/aromatic N) is 1. The van der Waals surface area contributed by atoms with Crippen LogP contribution in [0.3, 0.4) is 0 Å². The maximum atomic E-state index is 12.4. The molecule has 0 bridgehead atoms. The minimum absolute atomic E-state index is 0.0992. The van der Waals surface area contributed by atoms with E-state index in [0.717, 1.165) is 28.1 Å². The van der Waals surface area contributed by atoms with Gasteiger partial charge in [-0.2, -0.15) is 0 Å². The molecular formula is C22H22N2O3. The highest BCUT2D eigenvalue weighted by Crippen LogP contribution is 2.24. The number of carbonyl (C=O) groups excluding carboxylic acids is 1. The van der Waals surface area contributed by atoms with E-state index in [-0.39, 0.29) is 12.3 Å². The van der Waals surface area contributed by atoms with Gasteiger partial charge in [0.05, 0.1) is 20.6 Å². The van der Waals surface area contributed by atoms with E-state index < -0.39 is 0 Å². The van der Waals surface area contributed by atoms with E-state index in [4.69, 9.17) is 9.47 Å². The van der Waals surface area contributed by atoms with E-state index in [1.807, 2.05) is 55.5 Å². The van der Waals surface area contributed by atoms with Crippen LogP contribution in [-0.2, 0) is 11.2 Å².